The molecule has 1 saturated carbocycles. The van der Waals surface area contributed by atoms with E-state index in [2.05, 4.69) is 5.32 Å². The molecule has 1 N–H and O–H groups in total. The van der Waals surface area contributed by atoms with E-state index in [9.17, 15) is 9.18 Å². The number of alkyl carbamates (subject to hydrolysis) is 1. The summed E-state index contributed by atoms with van der Waals surface area (Å²) in [4.78, 5) is 12.4. The topological polar surface area (TPSA) is 56.8 Å². The fraction of sp³-hybridized carbons (Fsp3) is 0.682. The minimum Gasteiger partial charge on any atom is -0.444 e. The van der Waals surface area contributed by atoms with E-state index in [1.807, 2.05) is 52.0 Å². The molecule has 2 fully saturated rings. The third-order valence-corrected chi connectivity index (χ3v) is 6.07. The number of benzene rings is 1. The minimum absolute atomic E-state index is 0.203. The molecule has 1 aliphatic carbocycles. The summed E-state index contributed by atoms with van der Waals surface area (Å²) in [6.45, 7) is 15.0. The molecular formula is C22H33BFNO4. The molecule has 7 heteroatoms. The van der Waals surface area contributed by atoms with Crippen molar-refractivity contribution < 1.29 is 23.2 Å². The largest absolute Gasteiger partial charge is 0.494 e. The Hall–Kier alpha value is -1.60. The molecule has 1 aromatic carbocycles. The number of alkyl halides is 1. The number of carbonyl (C=O) groups is 1. The molecule has 1 heterocycles. The van der Waals surface area contributed by atoms with Crippen molar-refractivity contribution in [3.8, 4) is 0 Å². The maximum absolute atomic E-state index is 14.4. The summed E-state index contributed by atoms with van der Waals surface area (Å²) in [5, 5.41) is 2.91. The van der Waals surface area contributed by atoms with E-state index >= 15 is 0 Å². The number of carbonyl (C=O) groups excluding carboxylic acids is 1. The first-order chi connectivity index (χ1) is 13.0. The molecular weight excluding hydrogens is 372 g/mol. The van der Waals surface area contributed by atoms with Crippen LogP contribution in [0.4, 0.5) is 9.18 Å². The van der Waals surface area contributed by atoms with Crippen molar-refractivity contribution in [3.05, 3.63) is 29.8 Å². The van der Waals surface area contributed by atoms with Gasteiger partial charge >= 0.3 is 13.2 Å². The quantitative estimate of drug-likeness (QED) is 0.765. The van der Waals surface area contributed by atoms with Gasteiger partial charge in [0.2, 0.25) is 0 Å². The summed E-state index contributed by atoms with van der Waals surface area (Å²) < 4.78 is 32.0. The first kappa shape index (κ1) is 22.1. The van der Waals surface area contributed by atoms with Gasteiger partial charge in [-0.05, 0) is 66.4 Å². The van der Waals surface area contributed by atoms with Gasteiger partial charge in [0.15, 0.2) is 0 Å². The fourth-order valence-corrected chi connectivity index (χ4v) is 4.01. The number of hydrogen-bond acceptors (Lipinski definition) is 4. The second-order valence-corrected chi connectivity index (χ2v) is 10.7. The van der Waals surface area contributed by atoms with Gasteiger partial charge in [0, 0.05) is 12.8 Å². The van der Waals surface area contributed by atoms with Crippen LogP contribution in [0, 0.1) is 0 Å². The van der Waals surface area contributed by atoms with Gasteiger partial charge < -0.3 is 19.4 Å². The van der Waals surface area contributed by atoms with E-state index in [0.29, 0.717) is 0 Å². The van der Waals surface area contributed by atoms with Gasteiger partial charge in [-0.2, -0.15) is 0 Å². The molecule has 3 rings (SSSR count). The summed E-state index contributed by atoms with van der Waals surface area (Å²) in [7, 11) is -0.461. The van der Waals surface area contributed by atoms with Crippen LogP contribution in [0.5, 0.6) is 0 Å². The van der Waals surface area contributed by atoms with Crippen LogP contribution in [-0.2, 0) is 19.6 Å². The number of halogens is 1. The lowest BCUT2D eigenvalue weighted by Gasteiger charge is -2.50. The predicted molar refractivity (Wildman–Crippen MR) is 112 cm³/mol. The molecule has 0 bridgehead atoms. The van der Waals surface area contributed by atoms with Crippen molar-refractivity contribution in [3.63, 3.8) is 0 Å². The Morgan fingerprint density at radius 3 is 1.93 bits per heavy atom. The van der Waals surface area contributed by atoms with Gasteiger partial charge in [0.05, 0.1) is 16.7 Å². The zero-order valence-electron chi connectivity index (χ0n) is 18.8. The van der Waals surface area contributed by atoms with Crippen molar-refractivity contribution in [2.45, 2.75) is 96.2 Å². The number of amides is 1. The normalized spacial score (nSPS) is 30.6. The van der Waals surface area contributed by atoms with Crippen LogP contribution in [-0.4, -0.2) is 35.7 Å². The minimum atomic E-state index is -1.32. The molecule has 29 heavy (non-hydrogen) atoms. The number of ether oxygens (including phenoxy) is 1. The van der Waals surface area contributed by atoms with Gasteiger partial charge in [-0.15, -0.1) is 0 Å². The van der Waals surface area contributed by atoms with E-state index in [-0.39, 0.29) is 12.8 Å². The maximum atomic E-state index is 14.4. The summed E-state index contributed by atoms with van der Waals surface area (Å²) in [6.07, 6.45) is -0.132. The summed E-state index contributed by atoms with van der Waals surface area (Å²) in [5.41, 5.74) is -1.81. The van der Waals surface area contributed by atoms with Crippen LogP contribution in [0.3, 0.4) is 0 Å². The van der Waals surface area contributed by atoms with Gasteiger partial charge in [0.25, 0.3) is 0 Å². The molecule has 1 aromatic rings. The SMILES string of the molecule is CC(C)(C)OC(=O)N[C@]1(c2ccc(B3OC(C)(C)C(C)(C)O3)cc2)C[C@@](C)(F)C1. The zero-order valence-corrected chi connectivity index (χ0v) is 18.8. The van der Waals surface area contributed by atoms with E-state index in [1.54, 1.807) is 27.7 Å². The molecule has 0 radical (unpaired) electrons. The van der Waals surface area contributed by atoms with Crippen molar-refractivity contribution in [1.29, 1.82) is 0 Å². The van der Waals surface area contributed by atoms with Crippen LogP contribution in [0.2, 0.25) is 0 Å². The van der Waals surface area contributed by atoms with Gasteiger partial charge in [-0.25, -0.2) is 9.18 Å². The van der Waals surface area contributed by atoms with E-state index in [1.165, 1.54) is 0 Å². The molecule has 1 aliphatic heterocycles. The van der Waals surface area contributed by atoms with Gasteiger partial charge in [-0.1, -0.05) is 24.3 Å². The molecule has 0 atom stereocenters. The highest BCUT2D eigenvalue weighted by atomic mass is 19.1. The first-order valence-electron chi connectivity index (χ1n) is 10.2. The van der Waals surface area contributed by atoms with Crippen LogP contribution >= 0.6 is 0 Å². The van der Waals surface area contributed by atoms with Crippen molar-refractivity contribution in [2.24, 2.45) is 0 Å². The molecule has 160 valence electrons. The molecule has 2 aliphatic rings. The average Bonchev–Trinajstić information content (AvgIpc) is 2.71. The monoisotopic (exact) mass is 405 g/mol. The Labute approximate surface area is 173 Å². The number of rotatable bonds is 3. The zero-order chi connectivity index (χ0) is 21.9. The molecule has 1 saturated heterocycles. The van der Waals surface area contributed by atoms with Crippen molar-refractivity contribution in [1.82, 2.24) is 5.32 Å². The van der Waals surface area contributed by atoms with Crippen molar-refractivity contribution >= 4 is 18.7 Å². The molecule has 5 nitrogen and oxygen atoms in total. The molecule has 0 unspecified atom stereocenters. The Kier molecular flexibility index (Phi) is 5.11. The van der Waals surface area contributed by atoms with Crippen LogP contribution in [0.15, 0.2) is 24.3 Å². The Balaban J connectivity index is 1.79. The van der Waals surface area contributed by atoms with E-state index in [4.69, 9.17) is 14.0 Å². The van der Waals surface area contributed by atoms with Crippen LogP contribution < -0.4 is 10.8 Å². The number of nitrogens with one attached hydrogen (secondary N) is 1. The maximum Gasteiger partial charge on any atom is 0.494 e. The summed E-state index contributed by atoms with van der Waals surface area (Å²) in [5.74, 6) is 0. The lowest BCUT2D eigenvalue weighted by molar-refractivity contribution is -0.0289. The third-order valence-electron chi connectivity index (χ3n) is 6.07. The average molecular weight is 405 g/mol. The first-order valence-corrected chi connectivity index (χ1v) is 10.2. The highest BCUT2D eigenvalue weighted by Crippen LogP contribution is 2.50. The fourth-order valence-electron chi connectivity index (χ4n) is 4.01. The van der Waals surface area contributed by atoms with Gasteiger partial charge in [-0.3, -0.25) is 0 Å². The van der Waals surface area contributed by atoms with Crippen LogP contribution in [0.1, 0.15) is 73.8 Å². The second-order valence-electron chi connectivity index (χ2n) is 10.7. The lowest BCUT2D eigenvalue weighted by Crippen LogP contribution is -2.60. The summed E-state index contributed by atoms with van der Waals surface area (Å²) in [6, 6.07) is 7.66. The predicted octanol–water partition coefficient (Wildman–Crippen LogP) is 4.23. The van der Waals surface area contributed by atoms with Crippen molar-refractivity contribution in [2.75, 3.05) is 0 Å². The van der Waals surface area contributed by atoms with Crippen LogP contribution in [0.25, 0.3) is 0 Å². The lowest BCUT2D eigenvalue weighted by atomic mass is 9.63. The molecule has 1 amide bonds. The van der Waals surface area contributed by atoms with E-state index < -0.39 is 41.2 Å². The number of hydrogen-bond donors (Lipinski definition) is 1. The smallest absolute Gasteiger partial charge is 0.444 e. The highest BCUT2D eigenvalue weighted by Gasteiger charge is 2.55. The second kappa shape index (κ2) is 6.71. The highest BCUT2D eigenvalue weighted by molar-refractivity contribution is 6.62. The summed E-state index contributed by atoms with van der Waals surface area (Å²) >= 11 is 0. The van der Waals surface area contributed by atoms with Gasteiger partial charge in [0.1, 0.15) is 11.3 Å². The molecule has 0 spiro atoms. The Bertz CT molecular complexity index is 759. The standard InChI is InChI=1S/C22H33BFNO4/c1-18(2,3)27-17(26)25-22(13-21(8,24)14-22)15-9-11-16(12-10-15)23-28-19(4,5)20(6,7)29-23/h9-12H,13-14H2,1-8H3,(H,25,26)/t21-,22-. The van der Waals surface area contributed by atoms with E-state index in [0.717, 1.165) is 11.0 Å². The Morgan fingerprint density at radius 1 is 1.03 bits per heavy atom. The Morgan fingerprint density at radius 2 is 1.52 bits per heavy atom. The molecule has 0 aromatic heterocycles. The third kappa shape index (κ3) is 4.46.